The number of esters is 1. The van der Waals surface area contributed by atoms with Crippen LogP contribution in [0, 0.1) is 0 Å². The maximum Gasteiger partial charge on any atom is 0.325 e. The van der Waals surface area contributed by atoms with E-state index >= 15 is 0 Å². The van der Waals surface area contributed by atoms with E-state index in [-0.39, 0.29) is 25.5 Å². The largest absolute Gasteiger partial charge is 0.497 e. The first-order valence-corrected chi connectivity index (χ1v) is 6.73. The van der Waals surface area contributed by atoms with Crippen molar-refractivity contribution in [3.8, 4) is 11.5 Å². The van der Waals surface area contributed by atoms with Gasteiger partial charge in [-0.25, -0.2) is 0 Å². The molecule has 21 heavy (non-hydrogen) atoms. The van der Waals surface area contributed by atoms with E-state index in [1.54, 1.807) is 45.3 Å². The van der Waals surface area contributed by atoms with Crippen molar-refractivity contribution < 1.29 is 23.8 Å². The molecule has 1 aromatic rings. The molecule has 6 nitrogen and oxygen atoms in total. The van der Waals surface area contributed by atoms with Crippen LogP contribution in [-0.2, 0) is 14.3 Å². The van der Waals surface area contributed by atoms with Crippen LogP contribution in [0.2, 0.25) is 0 Å². The summed E-state index contributed by atoms with van der Waals surface area (Å²) in [5, 5.41) is 0. The van der Waals surface area contributed by atoms with Crippen molar-refractivity contribution in [3.63, 3.8) is 0 Å². The summed E-state index contributed by atoms with van der Waals surface area (Å²) in [6, 6.07) is 7.10. The van der Waals surface area contributed by atoms with Gasteiger partial charge in [0, 0.05) is 7.05 Å². The quantitative estimate of drug-likeness (QED) is 0.680. The molecule has 0 saturated heterocycles. The second-order valence-corrected chi connectivity index (χ2v) is 4.33. The highest BCUT2D eigenvalue weighted by molar-refractivity contribution is 5.81. The van der Waals surface area contributed by atoms with E-state index in [1.165, 1.54) is 4.90 Å². The Hall–Kier alpha value is -2.24. The Morgan fingerprint density at radius 2 is 1.76 bits per heavy atom. The lowest BCUT2D eigenvalue weighted by Crippen LogP contribution is -2.33. The van der Waals surface area contributed by atoms with Crippen molar-refractivity contribution in [1.82, 2.24) is 4.90 Å². The minimum atomic E-state index is -0.413. The predicted molar refractivity (Wildman–Crippen MR) is 77.4 cm³/mol. The maximum atomic E-state index is 11.8. The molecule has 6 heteroatoms. The summed E-state index contributed by atoms with van der Waals surface area (Å²) in [6.45, 7) is 2.23. The van der Waals surface area contributed by atoms with E-state index in [0.717, 1.165) is 5.75 Å². The molecule has 0 fully saturated rings. The highest BCUT2D eigenvalue weighted by Crippen LogP contribution is 2.17. The minimum absolute atomic E-state index is 0.0464. The topological polar surface area (TPSA) is 65.1 Å². The molecule has 0 radical (unpaired) electrons. The molecule has 0 N–H and O–H groups in total. The molecule has 0 heterocycles. The third kappa shape index (κ3) is 6.16. The van der Waals surface area contributed by atoms with E-state index in [1.807, 2.05) is 0 Å². The number of hydrogen-bond acceptors (Lipinski definition) is 5. The lowest BCUT2D eigenvalue weighted by Gasteiger charge is -2.16. The lowest BCUT2D eigenvalue weighted by molar-refractivity contribution is -0.148. The van der Waals surface area contributed by atoms with Gasteiger partial charge in [0.25, 0.3) is 0 Å². The van der Waals surface area contributed by atoms with Gasteiger partial charge in [0.15, 0.2) is 0 Å². The second kappa shape index (κ2) is 8.84. The van der Waals surface area contributed by atoms with Gasteiger partial charge in [-0.3, -0.25) is 9.59 Å². The molecule has 116 valence electrons. The van der Waals surface area contributed by atoms with Crippen molar-refractivity contribution in [2.45, 2.75) is 13.3 Å². The first-order valence-electron chi connectivity index (χ1n) is 6.73. The second-order valence-electron chi connectivity index (χ2n) is 4.33. The monoisotopic (exact) mass is 295 g/mol. The average molecular weight is 295 g/mol. The zero-order valence-electron chi connectivity index (χ0n) is 12.6. The normalized spacial score (nSPS) is 9.86. The van der Waals surface area contributed by atoms with E-state index in [9.17, 15) is 9.59 Å². The Balaban J connectivity index is 2.30. The lowest BCUT2D eigenvalue weighted by atomic mass is 10.3. The molecule has 0 saturated carbocycles. The molecular formula is C15H21NO5. The molecule has 1 rings (SSSR count). The summed E-state index contributed by atoms with van der Waals surface area (Å²) in [6.07, 6.45) is 0.196. The van der Waals surface area contributed by atoms with E-state index in [0.29, 0.717) is 12.4 Å². The van der Waals surface area contributed by atoms with Crippen LogP contribution >= 0.6 is 0 Å². The fraction of sp³-hybridized carbons (Fsp3) is 0.467. The third-order valence-corrected chi connectivity index (χ3v) is 2.74. The van der Waals surface area contributed by atoms with Crippen molar-refractivity contribution in [3.05, 3.63) is 24.3 Å². The summed E-state index contributed by atoms with van der Waals surface area (Å²) in [7, 11) is 3.15. The van der Waals surface area contributed by atoms with Gasteiger partial charge < -0.3 is 19.1 Å². The number of benzene rings is 1. The summed E-state index contributed by atoms with van der Waals surface area (Å²) >= 11 is 0. The Kier molecular flexibility index (Phi) is 7.08. The molecule has 0 bridgehead atoms. The fourth-order valence-electron chi connectivity index (χ4n) is 1.61. The zero-order valence-corrected chi connectivity index (χ0v) is 12.6. The summed E-state index contributed by atoms with van der Waals surface area (Å²) in [5.74, 6) is 0.824. The Morgan fingerprint density at radius 1 is 1.14 bits per heavy atom. The smallest absolute Gasteiger partial charge is 0.325 e. The molecule has 0 aliphatic heterocycles. The third-order valence-electron chi connectivity index (χ3n) is 2.74. The molecule has 0 aliphatic rings. The predicted octanol–water partition coefficient (Wildman–Crippen LogP) is 1.49. The van der Waals surface area contributed by atoms with Gasteiger partial charge in [0.1, 0.15) is 18.0 Å². The maximum absolute atomic E-state index is 11.8. The molecule has 0 aliphatic carbocycles. The number of hydrogen-bond donors (Lipinski definition) is 0. The average Bonchev–Trinajstić information content (AvgIpc) is 2.48. The van der Waals surface area contributed by atoms with Crippen LogP contribution in [0.4, 0.5) is 0 Å². The van der Waals surface area contributed by atoms with Crippen LogP contribution in [0.25, 0.3) is 0 Å². The van der Waals surface area contributed by atoms with Crippen molar-refractivity contribution >= 4 is 11.9 Å². The van der Waals surface area contributed by atoms with Crippen LogP contribution < -0.4 is 9.47 Å². The van der Waals surface area contributed by atoms with Gasteiger partial charge in [-0.15, -0.1) is 0 Å². The van der Waals surface area contributed by atoms with Crippen LogP contribution in [0.15, 0.2) is 24.3 Å². The molecule has 0 atom stereocenters. The van der Waals surface area contributed by atoms with E-state index in [4.69, 9.17) is 14.2 Å². The standard InChI is InChI=1S/C15H21NO5/c1-4-20-15(18)11-16(2)14(17)9-10-21-13-7-5-12(19-3)6-8-13/h5-8H,4,9-11H2,1-3H3. The van der Waals surface area contributed by atoms with Gasteiger partial charge >= 0.3 is 5.97 Å². The van der Waals surface area contributed by atoms with Crippen LogP contribution in [0.5, 0.6) is 11.5 Å². The number of carbonyl (C=O) groups excluding carboxylic acids is 2. The zero-order chi connectivity index (χ0) is 15.7. The van der Waals surface area contributed by atoms with Crippen molar-refractivity contribution in [2.24, 2.45) is 0 Å². The first-order chi connectivity index (χ1) is 10.1. The Morgan fingerprint density at radius 3 is 2.33 bits per heavy atom. The highest BCUT2D eigenvalue weighted by atomic mass is 16.5. The number of rotatable bonds is 8. The van der Waals surface area contributed by atoms with Gasteiger partial charge in [0.05, 0.1) is 26.7 Å². The molecule has 0 spiro atoms. The number of likely N-dealkylation sites (N-methyl/N-ethyl adjacent to an activating group) is 1. The van der Waals surface area contributed by atoms with E-state index in [2.05, 4.69) is 0 Å². The van der Waals surface area contributed by atoms with Gasteiger partial charge in [0.2, 0.25) is 5.91 Å². The SMILES string of the molecule is CCOC(=O)CN(C)C(=O)CCOc1ccc(OC)cc1. The van der Waals surface area contributed by atoms with Gasteiger partial charge in [-0.1, -0.05) is 0 Å². The summed E-state index contributed by atoms with van der Waals surface area (Å²) in [5.41, 5.74) is 0. The first kappa shape index (κ1) is 16.8. The number of amides is 1. The molecular weight excluding hydrogens is 274 g/mol. The van der Waals surface area contributed by atoms with Crippen molar-refractivity contribution in [2.75, 3.05) is 33.9 Å². The fourth-order valence-corrected chi connectivity index (χ4v) is 1.61. The number of nitrogens with zero attached hydrogens (tertiary/aromatic N) is 1. The number of ether oxygens (including phenoxy) is 3. The van der Waals surface area contributed by atoms with Crippen LogP contribution in [0.1, 0.15) is 13.3 Å². The summed E-state index contributed by atoms with van der Waals surface area (Å²) < 4.78 is 15.3. The Labute approximate surface area is 124 Å². The molecule has 0 aromatic heterocycles. The van der Waals surface area contributed by atoms with Crippen molar-refractivity contribution in [1.29, 1.82) is 0 Å². The number of carbonyl (C=O) groups is 2. The van der Waals surface area contributed by atoms with Crippen LogP contribution in [-0.4, -0.2) is 50.7 Å². The molecule has 1 aromatic carbocycles. The Bertz CT molecular complexity index is 458. The molecule has 0 unspecified atom stereocenters. The number of methoxy groups -OCH3 is 1. The summed E-state index contributed by atoms with van der Waals surface area (Å²) in [4.78, 5) is 24.4. The van der Waals surface area contributed by atoms with Gasteiger partial charge in [-0.05, 0) is 31.2 Å². The highest BCUT2D eigenvalue weighted by Gasteiger charge is 2.13. The van der Waals surface area contributed by atoms with Crippen LogP contribution in [0.3, 0.4) is 0 Å². The minimum Gasteiger partial charge on any atom is -0.497 e. The molecule has 1 amide bonds. The van der Waals surface area contributed by atoms with Gasteiger partial charge in [-0.2, -0.15) is 0 Å². The van der Waals surface area contributed by atoms with E-state index < -0.39 is 5.97 Å².